The van der Waals surface area contributed by atoms with Crippen molar-refractivity contribution >= 4 is 0 Å². The minimum absolute atomic E-state index is 0.236. The van der Waals surface area contributed by atoms with Gasteiger partial charge in [0.1, 0.15) is 11.9 Å². The number of aromatic amines is 1. The van der Waals surface area contributed by atoms with Crippen LogP contribution in [0.5, 0.6) is 0 Å². The van der Waals surface area contributed by atoms with Crippen LogP contribution in [0.4, 0.5) is 0 Å². The Kier molecular flexibility index (Phi) is 7.33. The maximum atomic E-state index is 11.1. The highest BCUT2D eigenvalue weighted by molar-refractivity contribution is 5.55. The Morgan fingerprint density at radius 1 is 0.778 bits per heavy atom. The molecule has 1 atom stereocenters. The lowest BCUT2D eigenvalue weighted by molar-refractivity contribution is 0.0606. The van der Waals surface area contributed by atoms with Crippen molar-refractivity contribution in [3.05, 3.63) is 113 Å². The summed E-state index contributed by atoms with van der Waals surface area (Å²) in [7, 11) is 0. The number of hydrogen-bond donors (Lipinski definition) is 2. The van der Waals surface area contributed by atoms with Gasteiger partial charge in [0.25, 0.3) is 0 Å². The van der Waals surface area contributed by atoms with Crippen LogP contribution in [0.25, 0.3) is 11.4 Å². The summed E-state index contributed by atoms with van der Waals surface area (Å²) in [6.07, 6.45) is -0.616. The number of nitrogens with one attached hydrogen (secondary N) is 1. The third-order valence-electron chi connectivity index (χ3n) is 7.27. The Morgan fingerprint density at radius 2 is 1.33 bits per heavy atom. The van der Waals surface area contributed by atoms with Crippen LogP contribution in [0.3, 0.4) is 0 Å². The molecular formula is C31H36N4O. The van der Waals surface area contributed by atoms with Crippen molar-refractivity contribution in [3.63, 3.8) is 0 Å². The molecule has 1 saturated heterocycles. The molecule has 4 aromatic rings. The van der Waals surface area contributed by atoms with Crippen molar-refractivity contribution in [1.29, 1.82) is 0 Å². The molecule has 0 radical (unpaired) electrons. The molecule has 0 amide bonds. The van der Waals surface area contributed by atoms with E-state index in [1.54, 1.807) is 0 Å². The lowest BCUT2D eigenvalue weighted by Crippen LogP contribution is -2.48. The van der Waals surface area contributed by atoms with Crippen molar-refractivity contribution in [3.8, 4) is 11.4 Å². The van der Waals surface area contributed by atoms with E-state index in [4.69, 9.17) is 4.98 Å². The zero-order chi connectivity index (χ0) is 25.1. The summed E-state index contributed by atoms with van der Waals surface area (Å²) in [4.78, 5) is 13.0. The van der Waals surface area contributed by atoms with Gasteiger partial charge < -0.3 is 10.1 Å². The number of aryl methyl sites for hydroxylation is 3. The molecule has 5 rings (SSSR count). The van der Waals surface area contributed by atoms with Crippen LogP contribution in [-0.4, -0.2) is 57.6 Å². The average molecular weight is 481 g/mol. The molecule has 36 heavy (non-hydrogen) atoms. The predicted octanol–water partition coefficient (Wildman–Crippen LogP) is 5.44. The van der Waals surface area contributed by atoms with E-state index in [0.29, 0.717) is 6.54 Å². The number of rotatable bonds is 7. The van der Waals surface area contributed by atoms with E-state index < -0.39 is 6.10 Å². The third-order valence-corrected chi connectivity index (χ3v) is 7.27. The number of nitrogens with zero attached hydrogens (tertiary/aromatic N) is 3. The molecule has 1 aliphatic heterocycles. The Bertz CT molecular complexity index is 1210. The van der Waals surface area contributed by atoms with Crippen molar-refractivity contribution in [2.24, 2.45) is 0 Å². The van der Waals surface area contributed by atoms with Crippen molar-refractivity contribution in [2.45, 2.75) is 32.9 Å². The fourth-order valence-electron chi connectivity index (χ4n) is 5.18. The third kappa shape index (κ3) is 5.44. The van der Waals surface area contributed by atoms with E-state index in [1.165, 1.54) is 22.3 Å². The maximum Gasteiger partial charge on any atom is 0.137 e. The number of hydrogen-bond acceptors (Lipinski definition) is 4. The van der Waals surface area contributed by atoms with Gasteiger partial charge in [-0.2, -0.15) is 0 Å². The average Bonchev–Trinajstić information content (AvgIpc) is 3.30. The molecule has 2 N–H and O–H groups in total. The Hall–Kier alpha value is -3.25. The zero-order valence-corrected chi connectivity index (χ0v) is 21.5. The summed E-state index contributed by atoms with van der Waals surface area (Å²) in [6.45, 7) is 10.6. The number of aliphatic hydroxyl groups excluding tert-OH is 1. The van der Waals surface area contributed by atoms with Gasteiger partial charge in [0.15, 0.2) is 0 Å². The summed E-state index contributed by atoms with van der Waals surface area (Å²) in [5.41, 5.74) is 7.93. The normalized spacial score (nSPS) is 15.9. The van der Waals surface area contributed by atoms with Crippen molar-refractivity contribution in [2.75, 3.05) is 32.7 Å². The number of H-pyrrole nitrogens is 1. The van der Waals surface area contributed by atoms with Gasteiger partial charge >= 0.3 is 0 Å². The van der Waals surface area contributed by atoms with Gasteiger partial charge in [0, 0.05) is 44.0 Å². The first-order valence-corrected chi connectivity index (χ1v) is 12.9. The van der Waals surface area contributed by atoms with Crippen LogP contribution in [-0.2, 0) is 0 Å². The molecule has 1 aromatic heterocycles. The fraction of sp³-hybridized carbons (Fsp3) is 0.323. The smallest absolute Gasteiger partial charge is 0.137 e. The SMILES string of the molecule is Cc1ccc(C(c2ccc(C)cc2)N2CCN(CC(O)c3nc(-c4ccccc4)[nH]c3C)CC2)cc1. The Morgan fingerprint density at radius 3 is 1.89 bits per heavy atom. The monoisotopic (exact) mass is 480 g/mol. The number of piperazine rings is 1. The molecule has 0 bridgehead atoms. The molecule has 1 fully saturated rings. The van der Waals surface area contributed by atoms with Crippen molar-refractivity contribution in [1.82, 2.24) is 19.8 Å². The Labute approximate surface area is 214 Å². The number of benzene rings is 3. The van der Waals surface area contributed by atoms with Gasteiger partial charge in [-0.15, -0.1) is 0 Å². The molecule has 5 heteroatoms. The first kappa shape index (κ1) is 24.4. The molecule has 1 unspecified atom stereocenters. The zero-order valence-electron chi connectivity index (χ0n) is 21.5. The number of aromatic nitrogens is 2. The van der Waals surface area contributed by atoms with Crippen LogP contribution in [0.2, 0.25) is 0 Å². The fourth-order valence-corrected chi connectivity index (χ4v) is 5.18. The molecule has 0 saturated carbocycles. The number of aliphatic hydroxyl groups is 1. The van der Waals surface area contributed by atoms with Crippen LogP contribution in [0.15, 0.2) is 78.9 Å². The van der Waals surface area contributed by atoms with Crippen LogP contribution in [0, 0.1) is 20.8 Å². The molecule has 1 aliphatic rings. The topological polar surface area (TPSA) is 55.4 Å². The second-order valence-electron chi connectivity index (χ2n) is 10.0. The molecule has 2 heterocycles. The summed E-state index contributed by atoms with van der Waals surface area (Å²) in [6, 6.07) is 28.2. The number of imidazole rings is 1. The van der Waals surface area contributed by atoms with Gasteiger partial charge in [0.05, 0.1) is 11.7 Å². The highest BCUT2D eigenvalue weighted by atomic mass is 16.3. The predicted molar refractivity (Wildman–Crippen MR) is 146 cm³/mol. The minimum Gasteiger partial charge on any atom is -0.385 e. The maximum absolute atomic E-state index is 11.1. The van der Waals surface area contributed by atoms with E-state index in [0.717, 1.165) is 49.0 Å². The molecule has 5 nitrogen and oxygen atoms in total. The van der Waals surface area contributed by atoms with Gasteiger partial charge in [-0.3, -0.25) is 9.80 Å². The van der Waals surface area contributed by atoms with Crippen molar-refractivity contribution < 1.29 is 5.11 Å². The molecule has 0 aliphatic carbocycles. The summed E-state index contributed by atoms with van der Waals surface area (Å²) >= 11 is 0. The lowest BCUT2D eigenvalue weighted by Gasteiger charge is -2.40. The van der Waals surface area contributed by atoms with E-state index in [-0.39, 0.29) is 6.04 Å². The second kappa shape index (κ2) is 10.8. The molecule has 0 spiro atoms. The first-order chi connectivity index (χ1) is 17.5. The largest absolute Gasteiger partial charge is 0.385 e. The van der Waals surface area contributed by atoms with Gasteiger partial charge in [-0.1, -0.05) is 90.0 Å². The quantitative estimate of drug-likeness (QED) is 0.370. The van der Waals surface area contributed by atoms with E-state index in [1.807, 2.05) is 37.3 Å². The van der Waals surface area contributed by atoms with E-state index in [2.05, 4.69) is 77.2 Å². The van der Waals surface area contributed by atoms with Crippen LogP contribution < -0.4 is 0 Å². The van der Waals surface area contributed by atoms with Gasteiger partial charge in [-0.25, -0.2) is 4.98 Å². The summed E-state index contributed by atoms with van der Waals surface area (Å²) in [5, 5.41) is 11.1. The first-order valence-electron chi connectivity index (χ1n) is 12.9. The minimum atomic E-state index is -0.616. The number of β-amino-alcohol motifs (C(OH)–C–C–N with tert-alkyl or cyclic N) is 1. The Balaban J connectivity index is 1.26. The summed E-state index contributed by atoms with van der Waals surface area (Å²) in [5.74, 6) is 0.811. The highest BCUT2D eigenvalue weighted by Gasteiger charge is 2.28. The van der Waals surface area contributed by atoms with Crippen LogP contribution in [0.1, 0.15) is 45.8 Å². The van der Waals surface area contributed by atoms with Gasteiger partial charge in [0.2, 0.25) is 0 Å². The standard InChI is InChI=1S/C31H36N4O/c1-22-9-13-25(14-10-22)30(26-15-11-23(2)12-16-26)35-19-17-34(18-20-35)21-28(36)29-24(3)32-31(33-29)27-7-5-4-6-8-27/h4-16,28,30,36H,17-21H2,1-3H3,(H,32,33). The highest BCUT2D eigenvalue weighted by Crippen LogP contribution is 2.31. The molecule has 3 aromatic carbocycles. The van der Waals surface area contributed by atoms with Gasteiger partial charge in [-0.05, 0) is 31.9 Å². The molecule has 186 valence electrons. The van der Waals surface area contributed by atoms with E-state index >= 15 is 0 Å². The van der Waals surface area contributed by atoms with Crippen LogP contribution >= 0.6 is 0 Å². The van der Waals surface area contributed by atoms with E-state index in [9.17, 15) is 5.11 Å². The lowest BCUT2D eigenvalue weighted by atomic mass is 9.95. The molecular weight excluding hydrogens is 444 g/mol. The summed E-state index contributed by atoms with van der Waals surface area (Å²) < 4.78 is 0. The second-order valence-corrected chi connectivity index (χ2v) is 10.0.